The van der Waals surface area contributed by atoms with Crippen LogP contribution in [0.2, 0.25) is 0 Å². The number of anilines is 1. The Bertz CT molecular complexity index is 722. The van der Waals surface area contributed by atoms with E-state index in [2.05, 4.69) is 10.4 Å². The number of rotatable bonds is 5. The molecule has 0 bridgehead atoms. The molecule has 1 N–H and O–H groups in total. The molecule has 0 atom stereocenters. The van der Waals surface area contributed by atoms with Gasteiger partial charge in [-0.3, -0.25) is 4.79 Å². The van der Waals surface area contributed by atoms with Crippen molar-refractivity contribution in [1.29, 1.82) is 0 Å². The van der Waals surface area contributed by atoms with Gasteiger partial charge in [0.05, 0.1) is 23.4 Å². The molecule has 116 valence electrons. The van der Waals surface area contributed by atoms with Crippen molar-refractivity contribution in [3.05, 3.63) is 51.2 Å². The van der Waals surface area contributed by atoms with Crippen molar-refractivity contribution >= 4 is 17.4 Å². The van der Waals surface area contributed by atoms with E-state index in [1.165, 1.54) is 10.7 Å². The Morgan fingerprint density at radius 2 is 2.05 bits per heavy atom. The molecule has 0 saturated heterocycles. The number of nitrogens with zero attached hydrogens (tertiary/aromatic N) is 3. The second kappa shape index (κ2) is 6.38. The molecule has 0 aliphatic carbocycles. The van der Waals surface area contributed by atoms with E-state index in [9.17, 15) is 14.9 Å². The van der Waals surface area contributed by atoms with Gasteiger partial charge in [0.25, 0.3) is 0 Å². The molecular formula is C15H18N4O3. The number of carbonyl (C=O) groups is 1. The van der Waals surface area contributed by atoms with Crippen LogP contribution >= 0.6 is 0 Å². The third kappa shape index (κ3) is 3.69. The molecule has 0 spiro atoms. The molecule has 0 unspecified atom stereocenters. The van der Waals surface area contributed by atoms with Gasteiger partial charge in [0.2, 0.25) is 5.91 Å². The second-order valence-electron chi connectivity index (χ2n) is 5.24. The summed E-state index contributed by atoms with van der Waals surface area (Å²) in [4.78, 5) is 22.1. The molecular weight excluding hydrogens is 284 g/mol. The summed E-state index contributed by atoms with van der Waals surface area (Å²) in [7, 11) is 0. The third-order valence-electron chi connectivity index (χ3n) is 3.37. The van der Waals surface area contributed by atoms with Gasteiger partial charge in [-0.05, 0) is 42.9 Å². The fourth-order valence-corrected chi connectivity index (χ4v) is 2.10. The van der Waals surface area contributed by atoms with E-state index in [0.717, 1.165) is 16.8 Å². The van der Waals surface area contributed by atoms with Crippen molar-refractivity contribution < 1.29 is 9.72 Å². The van der Waals surface area contributed by atoms with Crippen molar-refractivity contribution in [2.24, 2.45) is 0 Å². The first-order valence-corrected chi connectivity index (χ1v) is 6.93. The van der Waals surface area contributed by atoms with Gasteiger partial charge in [0.1, 0.15) is 0 Å². The Kier molecular flexibility index (Phi) is 4.55. The minimum atomic E-state index is -0.542. The summed E-state index contributed by atoms with van der Waals surface area (Å²) < 4.78 is 1.47. The summed E-state index contributed by atoms with van der Waals surface area (Å²) in [6.07, 6.45) is 0.201. The number of aryl methyl sites for hydroxylation is 4. The van der Waals surface area contributed by atoms with Gasteiger partial charge in [-0.1, -0.05) is 12.1 Å². The average Bonchev–Trinajstić information content (AvgIpc) is 2.82. The zero-order valence-electron chi connectivity index (χ0n) is 12.8. The van der Waals surface area contributed by atoms with Gasteiger partial charge in [-0.25, -0.2) is 0 Å². The largest absolute Gasteiger partial charge is 0.390 e. The van der Waals surface area contributed by atoms with E-state index in [4.69, 9.17) is 0 Å². The van der Waals surface area contributed by atoms with E-state index in [1.54, 1.807) is 6.92 Å². The lowest BCUT2D eigenvalue weighted by molar-refractivity contribution is -0.389. The smallest absolute Gasteiger partial charge is 0.358 e. The van der Waals surface area contributed by atoms with Crippen molar-refractivity contribution in [3.63, 3.8) is 0 Å². The zero-order valence-corrected chi connectivity index (χ0v) is 12.8. The highest BCUT2D eigenvalue weighted by Crippen LogP contribution is 2.17. The average molecular weight is 302 g/mol. The number of hydrogen-bond donors (Lipinski definition) is 1. The molecule has 0 radical (unpaired) electrons. The van der Waals surface area contributed by atoms with Gasteiger partial charge in [-0.15, -0.1) is 0 Å². The Morgan fingerprint density at radius 1 is 1.32 bits per heavy atom. The van der Waals surface area contributed by atoms with Crippen LogP contribution in [0.15, 0.2) is 24.3 Å². The summed E-state index contributed by atoms with van der Waals surface area (Å²) in [5, 5.41) is 17.4. The van der Waals surface area contributed by atoms with Crippen molar-refractivity contribution in [2.45, 2.75) is 33.7 Å². The van der Waals surface area contributed by atoms with Crippen molar-refractivity contribution in [1.82, 2.24) is 9.78 Å². The normalized spacial score (nSPS) is 10.5. The topological polar surface area (TPSA) is 90.1 Å². The number of aromatic nitrogens is 2. The maximum atomic E-state index is 12.0. The fraction of sp³-hybridized carbons (Fsp3) is 0.333. The first-order valence-electron chi connectivity index (χ1n) is 6.93. The Balaban J connectivity index is 1.98. The zero-order chi connectivity index (χ0) is 16.3. The first kappa shape index (κ1) is 15.7. The van der Waals surface area contributed by atoms with Gasteiger partial charge in [-0.2, -0.15) is 4.68 Å². The quantitative estimate of drug-likeness (QED) is 0.679. The molecule has 0 fully saturated rings. The summed E-state index contributed by atoms with van der Waals surface area (Å²) in [5.41, 5.74) is 3.50. The van der Waals surface area contributed by atoms with E-state index in [1.807, 2.05) is 32.0 Å². The first-order chi connectivity index (χ1) is 10.4. The molecule has 1 aromatic heterocycles. The van der Waals surface area contributed by atoms with E-state index >= 15 is 0 Å². The molecule has 7 nitrogen and oxygen atoms in total. The van der Waals surface area contributed by atoms with Gasteiger partial charge >= 0.3 is 5.82 Å². The Morgan fingerprint density at radius 3 is 2.68 bits per heavy atom. The highest BCUT2D eigenvalue weighted by Gasteiger charge is 2.16. The van der Waals surface area contributed by atoms with E-state index < -0.39 is 4.92 Å². The predicted octanol–water partition coefficient (Wildman–Crippen LogP) is 2.75. The Labute approximate surface area is 128 Å². The lowest BCUT2D eigenvalue weighted by atomic mass is 10.1. The van der Waals surface area contributed by atoms with Crippen LogP contribution in [0, 0.1) is 30.9 Å². The molecule has 1 heterocycles. The molecule has 0 saturated carbocycles. The molecule has 1 amide bonds. The number of hydrogen-bond acceptors (Lipinski definition) is 4. The van der Waals surface area contributed by atoms with E-state index in [-0.39, 0.29) is 18.1 Å². The minimum absolute atomic E-state index is 0.147. The molecule has 0 aliphatic heterocycles. The van der Waals surface area contributed by atoms with Gasteiger partial charge < -0.3 is 15.4 Å². The monoisotopic (exact) mass is 302 g/mol. The number of benzene rings is 1. The number of carbonyl (C=O) groups excluding carboxylic acids is 1. The second-order valence-corrected chi connectivity index (χ2v) is 5.24. The van der Waals surface area contributed by atoms with Crippen LogP contribution in [-0.2, 0) is 11.3 Å². The molecule has 7 heteroatoms. The van der Waals surface area contributed by atoms with Crippen molar-refractivity contribution in [2.75, 3.05) is 5.32 Å². The maximum absolute atomic E-state index is 12.0. The minimum Gasteiger partial charge on any atom is -0.358 e. The summed E-state index contributed by atoms with van der Waals surface area (Å²) in [5.74, 6) is -0.348. The molecule has 22 heavy (non-hydrogen) atoms. The van der Waals surface area contributed by atoms with Crippen LogP contribution in [0.3, 0.4) is 0 Å². The van der Waals surface area contributed by atoms with Gasteiger partial charge in [0.15, 0.2) is 0 Å². The molecule has 2 aromatic rings. The number of nitrogens with one attached hydrogen (secondary N) is 1. The molecule has 2 rings (SSSR count). The summed E-state index contributed by atoms with van der Waals surface area (Å²) in [6, 6.07) is 7.24. The van der Waals surface area contributed by atoms with Crippen LogP contribution < -0.4 is 5.32 Å². The van der Waals surface area contributed by atoms with Crippen LogP contribution in [0.5, 0.6) is 0 Å². The molecule has 1 aromatic carbocycles. The predicted molar refractivity (Wildman–Crippen MR) is 82.8 cm³/mol. The van der Waals surface area contributed by atoms with Crippen molar-refractivity contribution in [3.8, 4) is 0 Å². The number of nitro groups is 1. The Hall–Kier alpha value is -2.70. The van der Waals surface area contributed by atoms with Crippen LogP contribution in [0.25, 0.3) is 0 Å². The number of amides is 1. The van der Waals surface area contributed by atoms with Gasteiger partial charge in [0, 0.05) is 12.1 Å². The lowest BCUT2D eigenvalue weighted by Crippen LogP contribution is -2.16. The fourth-order valence-electron chi connectivity index (χ4n) is 2.10. The lowest BCUT2D eigenvalue weighted by Gasteiger charge is -2.09. The van der Waals surface area contributed by atoms with Crippen LogP contribution in [0.1, 0.15) is 23.2 Å². The molecule has 0 aliphatic rings. The highest BCUT2D eigenvalue weighted by atomic mass is 16.6. The summed E-state index contributed by atoms with van der Waals surface area (Å²) in [6.45, 7) is 5.91. The standard InChI is InChI=1S/C15H18N4O3/c1-10-4-5-11(2)13(8-10)16-15(20)6-7-18-12(3)9-14(17-18)19(21)22/h4-5,8-9H,6-7H2,1-3H3,(H,16,20). The van der Waals surface area contributed by atoms with Crippen LogP contribution in [0.4, 0.5) is 11.5 Å². The maximum Gasteiger partial charge on any atom is 0.390 e. The van der Waals surface area contributed by atoms with E-state index in [0.29, 0.717) is 12.2 Å². The highest BCUT2D eigenvalue weighted by molar-refractivity contribution is 5.91. The summed E-state index contributed by atoms with van der Waals surface area (Å²) >= 11 is 0. The van der Waals surface area contributed by atoms with Crippen LogP contribution in [-0.4, -0.2) is 20.6 Å². The SMILES string of the molecule is Cc1ccc(C)c(NC(=O)CCn2nc([N+](=O)[O-])cc2C)c1. The third-order valence-corrected chi connectivity index (χ3v) is 3.37.